The lowest BCUT2D eigenvalue weighted by atomic mass is 10.2. The van der Waals surface area contributed by atoms with Gasteiger partial charge in [0.1, 0.15) is 0 Å². The molecule has 2 heterocycles. The first-order chi connectivity index (χ1) is 6.79. The lowest BCUT2D eigenvalue weighted by Crippen LogP contribution is -2.15. The fourth-order valence-electron chi connectivity index (χ4n) is 1.38. The number of aromatic nitrogens is 2. The van der Waals surface area contributed by atoms with Gasteiger partial charge in [-0.15, -0.1) is 0 Å². The fourth-order valence-corrected chi connectivity index (χ4v) is 1.68. The van der Waals surface area contributed by atoms with Crippen LogP contribution >= 0.6 is 15.9 Å². The third-order valence-electron chi connectivity index (χ3n) is 2.19. The predicted octanol–water partition coefficient (Wildman–Crippen LogP) is 2.55. The largest absolute Gasteiger partial charge is 0.355 e. The molecule has 3 nitrogen and oxygen atoms in total. The molecule has 2 rings (SSSR count). The lowest BCUT2D eigenvalue weighted by Gasteiger charge is -2.20. The van der Waals surface area contributed by atoms with Crippen molar-refractivity contribution in [1.29, 1.82) is 0 Å². The maximum Gasteiger partial charge on any atom is 0.0914 e. The monoisotopic (exact) mass is 253 g/mol. The first kappa shape index (κ1) is 9.52. The van der Waals surface area contributed by atoms with Gasteiger partial charge in [-0.05, 0) is 35.0 Å². The van der Waals surface area contributed by atoms with Gasteiger partial charge in [0.2, 0.25) is 0 Å². The van der Waals surface area contributed by atoms with Crippen LogP contribution in [-0.2, 0) is 0 Å². The van der Waals surface area contributed by atoms with Gasteiger partial charge in [0, 0.05) is 25.1 Å². The third kappa shape index (κ3) is 1.90. The molecule has 0 atom stereocenters. The van der Waals surface area contributed by atoms with Crippen LogP contribution in [0.3, 0.4) is 0 Å². The topological polar surface area (TPSA) is 21.1 Å². The van der Waals surface area contributed by atoms with E-state index in [0.29, 0.717) is 0 Å². The molecule has 4 heteroatoms. The molecule has 74 valence electrons. The van der Waals surface area contributed by atoms with Crippen LogP contribution in [0.1, 0.15) is 13.0 Å². The normalized spacial score (nSPS) is 16.6. The molecule has 0 fully saturated rings. The lowest BCUT2D eigenvalue weighted by molar-refractivity contribution is 0.499. The van der Waals surface area contributed by atoms with Crippen LogP contribution in [0.2, 0.25) is 0 Å². The molecular formula is C10H12BrN3. The van der Waals surface area contributed by atoms with Crippen molar-refractivity contribution in [1.82, 2.24) is 14.7 Å². The summed E-state index contributed by atoms with van der Waals surface area (Å²) < 4.78 is 2.93. The van der Waals surface area contributed by atoms with E-state index >= 15 is 0 Å². The van der Waals surface area contributed by atoms with Crippen LogP contribution in [0.5, 0.6) is 0 Å². The van der Waals surface area contributed by atoms with Gasteiger partial charge in [0.05, 0.1) is 16.7 Å². The molecule has 0 spiro atoms. The summed E-state index contributed by atoms with van der Waals surface area (Å²) in [6.45, 7) is 3.13. The fraction of sp³-hybridized carbons (Fsp3) is 0.300. The summed E-state index contributed by atoms with van der Waals surface area (Å²) in [6.07, 6.45) is 12.2. The summed E-state index contributed by atoms with van der Waals surface area (Å²) in [5, 5.41) is 4.24. The second kappa shape index (κ2) is 4.00. The van der Waals surface area contributed by atoms with Gasteiger partial charge in [-0.2, -0.15) is 5.10 Å². The van der Waals surface area contributed by atoms with E-state index in [-0.39, 0.29) is 6.04 Å². The van der Waals surface area contributed by atoms with Crippen molar-refractivity contribution >= 4 is 15.9 Å². The van der Waals surface area contributed by atoms with Crippen molar-refractivity contribution < 1.29 is 0 Å². The predicted molar refractivity (Wildman–Crippen MR) is 59.6 cm³/mol. The highest BCUT2D eigenvalue weighted by molar-refractivity contribution is 9.10. The number of nitrogens with zero attached hydrogens (tertiary/aromatic N) is 3. The highest BCUT2D eigenvalue weighted by atomic mass is 79.9. The van der Waals surface area contributed by atoms with Crippen LogP contribution in [-0.4, -0.2) is 21.2 Å². The van der Waals surface area contributed by atoms with E-state index in [2.05, 4.69) is 57.4 Å². The van der Waals surface area contributed by atoms with Crippen molar-refractivity contribution in [3.05, 3.63) is 41.4 Å². The van der Waals surface area contributed by atoms with E-state index in [4.69, 9.17) is 0 Å². The van der Waals surface area contributed by atoms with E-state index in [1.54, 1.807) is 6.20 Å². The molecule has 0 bridgehead atoms. The van der Waals surface area contributed by atoms with Gasteiger partial charge in [-0.1, -0.05) is 0 Å². The first-order valence-corrected chi connectivity index (χ1v) is 5.41. The molecule has 0 amide bonds. The zero-order valence-electron chi connectivity index (χ0n) is 7.97. The Morgan fingerprint density at radius 3 is 2.64 bits per heavy atom. The molecule has 1 aliphatic heterocycles. The average molecular weight is 254 g/mol. The van der Waals surface area contributed by atoms with Crippen LogP contribution in [0.15, 0.2) is 41.4 Å². The van der Waals surface area contributed by atoms with E-state index in [1.807, 2.05) is 10.9 Å². The summed E-state index contributed by atoms with van der Waals surface area (Å²) in [5.74, 6) is 0. The smallest absolute Gasteiger partial charge is 0.0914 e. The average Bonchev–Trinajstić information content (AvgIpc) is 2.65. The Kier molecular flexibility index (Phi) is 2.72. The van der Waals surface area contributed by atoms with Crippen molar-refractivity contribution in [2.24, 2.45) is 0 Å². The molecule has 14 heavy (non-hydrogen) atoms. The second-order valence-electron chi connectivity index (χ2n) is 3.14. The van der Waals surface area contributed by atoms with Crippen LogP contribution in [0.25, 0.3) is 0 Å². The van der Waals surface area contributed by atoms with E-state index in [0.717, 1.165) is 11.0 Å². The minimum Gasteiger partial charge on any atom is -0.355 e. The summed E-state index contributed by atoms with van der Waals surface area (Å²) in [7, 11) is 0. The molecule has 0 unspecified atom stereocenters. The Bertz CT molecular complexity index is 353. The summed E-state index contributed by atoms with van der Waals surface area (Å²) >= 11 is 3.38. The van der Waals surface area contributed by atoms with E-state index in [1.165, 1.54) is 0 Å². The molecule has 1 aromatic heterocycles. The molecule has 0 radical (unpaired) electrons. The Morgan fingerprint density at radius 2 is 2.14 bits per heavy atom. The molecule has 0 saturated carbocycles. The number of rotatable bonds is 2. The van der Waals surface area contributed by atoms with Crippen LogP contribution in [0.4, 0.5) is 0 Å². The van der Waals surface area contributed by atoms with E-state index in [9.17, 15) is 0 Å². The molecule has 0 saturated heterocycles. The summed E-state index contributed by atoms with van der Waals surface area (Å²) in [4.78, 5) is 2.13. The summed E-state index contributed by atoms with van der Waals surface area (Å²) in [6, 6.07) is 0.240. The van der Waals surface area contributed by atoms with Crippen molar-refractivity contribution in [3.8, 4) is 0 Å². The maximum atomic E-state index is 4.24. The first-order valence-electron chi connectivity index (χ1n) is 4.61. The standard InChI is InChI=1S/C10H12BrN3/c1-2-13-5-3-10(4-6-13)14-8-9(11)7-12-14/h3-8,10H,2H2,1H3. The van der Waals surface area contributed by atoms with Crippen LogP contribution < -0.4 is 0 Å². The maximum absolute atomic E-state index is 4.24. The third-order valence-corrected chi connectivity index (χ3v) is 2.60. The Labute approximate surface area is 91.8 Å². The van der Waals surface area contributed by atoms with Crippen LogP contribution in [0, 0.1) is 0 Å². The number of hydrogen-bond donors (Lipinski definition) is 0. The second-order valence-corrected chi connectivity index (χ2v) is 4.06. The molecule has 0 N–H and O–H groups in total. The number of allylic oxidation sites excluding steroid dienone is 2. The Morgan fingerprint density at radius 1 is 1.43 bits per heavy atom. The molecular weight excluding hydrogens is 242 g/mol. The number of halogens is 1. The highest BCUT2D eigenvalue weighted by Crippen LogP contribution is 2.17. The Hall–Kier alpha value is -1.03. The quantitative estimate of drug-likeness (QED) is 0.808. The zero-order chi connectivity index (χ0) is 9.97. The van der Waals surface area contributed by atoms with Gasteiger partial charge < -0.3 is 4.90 Å². The number of hydrogen-bond acceptors (Lipinski definition) is 2. The van der Waals surface area contributed by atoms with Crippen molar-refractivity contribution in [3.63, 3.8) is 0 Å². The molecule has 1 aromatic rings. The van der Waals surface area contributed by atoms with Crippen molar-refractivity contribution in [2.45, 2.75) is 13.0 Å². The minimum absolute atomic E-state index is 0.240. The minimum atomic E-state index is 0.240. The van der Waals surface area contributed by atoms with Gasteiger partial charge in [-0.25, -0.2) is 0 Å². The van der Waals surface area contributed by atoms with Gasteiger partial charge in [0.15, 0.2) is 0 Å². The summed E-state index contributed by atoms with van der Waals surface area (Å²) in [5.41, 5.74) is 0. The zero-order valence-corrected chi connectivity index (χ0v) is 9.55. The Balaban J connectivity index is 2.12. The van der Waals surface area contributed by atoms with Gasteiger partial charge >= 0.3 is 0 Å². The SMILES string of the molecule is CCN1C=CC(n2cc(Br)cn2)C=C1. The highest BCUT2D eigenvalue weighted by Gasteiger charge is 2.08. The molecule has 0 aromatic carbocycles. The van der Waals surface area contributed by atoms with Crippen molar-refractivity contribution in [2.75, 3.05) is 6.54 Å². The van der Waals surface area contributed by atoms with Gasteiger partial charge in [-0.3, -0.25) is 4.68 Å². The van der Waals surface area contributed by atoms with Gasteiger partial charge in [0.25, 0.3) is 0 Å². The molecule has 0 aliphatic carbocycles. The molecule has 1 aliphatic rings. The van der Waals surface area contributed by atoms with E-state index < -0.39 is 0 Å².